The normalized spacial score (nSPS) is 10.8. The molecule has 0 saturated carbocycles. The predicted molar refractivity (Wildman–Crippen MR) is 227 cm³/mol. The number of ether oxygens (including phenoxy) is 10. The molecule has 0 atom stereocenters. The number of nitrogens with one attached hydrogen (secondary N) is 2. The van der Waals surface area contributed by atoms with Crippen LogP contribution < -0.4 is 58.2 Å². The van der Waals surface area contributed by atoms with Gasteiger partial charge in [0, 0.05) is 12.8 Å². The summed E-state index contributed by atoms with van der Waals surface area (Å²) >= 11 is 0. The molecule has 0 aliphatic heterocycles. The lowest BCUT2D eigenvalue weighted by Gasteiger charge is -2.15. The molecule has 0 unspecified atom stereocenters. The minimum atomic E-state index is -0.680. The summed E-state index contributed by atoms with van der Waals surface area (Å²) in [6, 6.07) is 15.5. The number of amides is 2. The minimum Gasteiger partial charge on any atom is -0.493 e. The minimum absolute atomic E-state index is 0.130. The van der Waals surface area contributed by atoms with Gasteiger partial charge in [0.15, 0.2) is 46.0 Å². The summed E-state index contributed by atoms with van der Waals surface area (Å²) in [7, 11) is 8.69. The number of rotatable bonds is 23. The van der Waals surface area contributed by atoms with Crippen LogP contribution in [0.1, 0.15) is 71.4 Å². The maximum absolute atomic E-state index is 13.1. The summed E-state index contributed by atoms with van der Waals surface area (Å²) in [5, 5.41) is 8.03. The van der Waals surface area contributed by atoms with E-state index in [1.807, 2.05) is 0 Å². The van der Waals surface area contributed by atoms with Crippen molar-refractivity contribution in [2.45, 2.75) is 39.5 Å². The average molecular weight is 859 g/mol. The molecule has 0 saturated heterocycles. The van der Waals surface area contributed by atoms with Gasteiger partial charge < -0.3 is 47.4 Å². The summed E-state index contributed by atoms with van der Waals surface area (Å²) in [4.78, 5) is 51.0. The average Bonchev–Trinajstić information content (AvgIpc) is 3.28. The standard InChI is InChI=1S/C44H50N4O14/c1-9-59-33-19-27(15-17-31(33)61-43(51)29-21-35(53-3)41(57-7)36(22-29)54-4)25-45-47-39(49)13-11-12-14-40(50)48-46-26-28-16-18-32(34(20-28)60-10-2)62-44(52)30-23-37(55-5)42(58-8)38(24-30)56-6/h15-26H,9-14H2,1-8H3,(H,47,49)(H,48,50). The zero-order chi connectivity index (χ0) is 45.0. The Morgan fingerprint density at radius 2 is 0.839 bits per heavy atom. The van der Waals surface area contributed by atoms with E-state index in [4.69, 9.17) is 47.4 Å². The van der Waals surface area contributed by atoms with Crippen LogP contribution in [-0.4, -0.2) is 92.1 Å². The molecule has 2 amide bonds. The Morgan fingerprint density at radius 3 is 1.15 bits per heavy atom. The Hall–Kier alpha value is -7.50. The Morgan fingerprint density at radius 1 is 0.484 bits per heavy atom. The van der Waals surface area contributed by atoms with E-state index in [0.29, 0.717) is 71.7 Å². The molecule has 330 valence electrons. The number of carbonyl (C=O) groups excluding carboxylic acids is 4. The molecule has 2 N–H and O–H groups in total. The number of nitrogens with zero attached hydrogens (tertiary/aromatic N) is 2. The molecule has 0 aliphatic carbocycles. The number of unbranched alkanes of at least 4 members (excludes halogenated alkanes) is 1. The number of hydrogen-bond acceptors (Lipinski definition) is 16. The maximum Gasteiger partial charge on any atom is 0.343 e. The topological polar surface area (TPSA) is 209 Å². The number of hydrogen-bond donors (Lipinski definition) is 2. The van der Waals surface area contributed by atoms with Crippen LogP contribution in [0.4, 0.5) is 0 Å². The predicted octanol–water partition coefficient (Wildman–Crippen LogP) is 6.13. The van der Waals surface area contributed by atoms with Crippen molar-refractivity contribution in [1.29, 1.82) is 0 Å². The van der Waals surface area contributed by atoms with Gasteiger partial charge in [-0.15, -0.1) is 0 Å². The van der Waals surface area contributed by atoms with Gasteiger partial charge in [0.25, 0.3) is 0 Å². The number of methoxy groups -OCH3 is 6. The van der Waals surface area contributed by atoms with E-state index in [9.17, 15) is 19.2 Å². The third kappa shape index (κ3) is 13.0. The fourth-order valence-corrected chi connectivity index (χ4v) is 5.67. The number of carbonyl (C=O) groups is 4. The van der Waals surface area contributed by atoms with E-state index >= 15 is 0 Å². The summed E-state index contributed by atoms with van der Waals surface area (Å²) in [6.45, 7) is 4.15. The quantitative estimate of drug-likeness (QED) is 0.0283. The van der Waals surface area contributed by atoms with Crippen molar-refractivity contribution in [2.24, 2.45) is 10.2 Å². The summed E-state index contributed by atoms with van der Waals surface area (Å²) in [5.41, 5.74) is 6.40. The van der Waals surface area contributed by atoms with Crippen molar-refractivity contribution < 1.29 is 66.5 Å². The first-order chi connectivity index (χ1) is 30.0. The van der Waals surface area contributed by atoms with E-state index < -0.39 is 11.9 Å². The molecule has 0 aromatic heterocycles. The Kier molecular flexibility index (Phi) is 18.2. The lowest BCUT2D eigenvalue weighted by atomic mass is 10.1. The zero-order valence-electron chi connectivity index (χ0n) is 35.8. The van der Waals surface area contributed by atoms with E-state index in [1.54, 1.807) is 50.2 Å². The highest BCUT2D eigenvalue weighted by molar-refractivity contribution is 5.94. The second kappa shape index (κ2) is 23.9. The van der Waals surface area contributed by atoms with Gasteiger partial charge in [0.05, 0.1) is 79.4 Å². The smallest absolute Gasteiger partial charge is 0.343 e. The van der Waals surface area contributed by atoms with Gasteiger partial charge in [-0.25, -0.2) is 20.4 Å². The molecular formula is C44H50N4O14. The van der Waals surface area contributed by atoms with Gasteiger partial charge >= 0.3 is 11.9 Å². The van der Waals surface area contributed by atoms with Crippen LogP contribution in [0, 0.1) is 0 Å². The van der Waals surface area contributed by atoms with Gasteiger partial charge in [-0.3, -0.25) is 9.59 Å². The summed E-state index contributed by atoms with van der Waals surface area (Å²) in [5.74, 6) is 0.699. The number of benzene rings is 4. The molecule has 4 aromatic carbocycles. The van der Waals surface area contributed by atoms with Crippen molar-refractivity contribution in [3.8, 4) is 57.5 Å². The molecule has 0 fully saturated rings. The zero-order valence-corrected chi connectivity index (χ0v) is 35.8. The van der Waals surface area contributed by atoms with Gasteiger partial charge in [-0.2, -0.15) is 10.2 Å². The molecule has 0 aliphatic rings. The first-order valence-electron chi connectivity index (χ1n) is 19.2. The Bertz CT molecular complexity index is 2050. The van der Waals surface area contributed by atoms with Crippen LogP contribution in [0.2, 0.25) is 0 Å². The van der Waals surface area contributed by atoms with Crippen molar-refractivity contribution in [3.05, 3.63) is 82.9 Å². The SMILES string of the molecule is CCOc1cc(C=NNC(=O)CCCCC(=O)NN=Cc2ccc(OC(=O)c3cc(OC)c(OC)c(OC)c3)c(OCC)c2)ccc1OC(=O)c1cc(OC)c(OC)c(OC)c1. The molecule has 0 spiro atoms. The van der Waals surface area contributed by atoms with Crippen LogP contribution in [0.5, 0.6) is 57.5 Å². The molecule has 18 heteroatoms. The third-order valence-electron chi connectivity index (χ3n) is 8.60. The largest absolute Gasteiger partial charge is 0.493 e. The second-order valence-electron chi connectivity index (χ2n) is 12.7. The molecule has 0 bridgehead atoms. The molecule has 4 rings (SSSR count). The second-order valence-corrected chi connectivity index (χ2v) is 12.7. The van der Waals surface area contributed by atoms with E-state index in [0.717, 1.165) is 0 Å². The molecular weight excluding hydrogens is 808 g/mol. The highest BCUT2D eigenvalue weighted by atomic mass is 16.6. The number of esters is 2. The molecule has 4 aromatic rings. The van der Waals surface area contributed by atoms with Crippen LogP contribution in [0.25, 0.3) is 0 Å². The highest BCUT2D eigenvalue weighted by Crippen LogP contribution is 2.40. The lowest BCUT2D eigenvalue weighted by molar-refractivity contribution is -0.123. The van der Waals surface area contributed by atoms with Crippen LogP contribution >= 0.6 is 0 Å². The van der Waals surface area contributed by atoms with E-state index in [1.165, 1.54) is 79.4 Å². The highest BCUT2D eigenvalue weighted by Gasteiger charge is 2.22. The van der Waals surface area contributed by atoms with Crippen LogP contribution in [-0.2, 0) is 9.59 Å². The van der Waals surface area contributed by atoms with Gasteiger partial charge in [-0.1, -0.05) is 0 Å². The maximum atomic E-state index is 13.1. The van der Waals surface area contributed by atoms with Crippen molar-refractivity contribution in [1.82, 2.24) is 10.9 Å². The van der Waals surface area contributed by atoms with Gasteiger partial charge in [-0.05, 0) is 98.5 Å². The monoisotopic (exact) mass is 858 g/mol. The van der Waals surface area contributed by atoms with Crippen LogP contribution in [0.3, 0.4) is 0 Å². The molecule has 62 heavy (non-hydrogen) atoms. The molecule has 0 radical (unpaired) electrons. The Balaban J connectivity index is 1.23. The molecule has 18 nitrogen and oxygen atoms in total. The van der Waals surface area contributed by atoms with Crippen molar-refractivity contribution in [3.63, 3.8) is 0 Å². The van der Waals surface area contributed by atoms with E-state index in [-0.39, 0.29) is 58.8 Å². The third-order valence-corrected chi connectivity index (χ3v) is 8.60. The number of hydrazone groups is 2. The lowest BCUT2D eigenvalue weighted by Crippen LogP contribution is -2.19. The van der Waals surface area contributed by atoms with Crippen molar-refractivity contribution >= 4 is 36.2 Å². The summed E-state index contributed by atoms with van der Waals surface area (Å²) in [6.07, 6.45) is 3.95. The Labute approximate surface area is 359 Å². The van der Waals surface area contributed by atoms with Gasteiger partial charge in [0.1, 0.15) is 0 Å². The van der Waals surface area contributed by atoms with Gasteiger partial charge in [0.2, 0.25) is 23.3 Å². The summed E-state index contributed by atoms with van der Waals surface area (Å²) < 4.78 is 54.6. The van der Waals surface area contributed by atoms with Crippen LogP contribution in [0.15, 0.2) is 70.9 Å². The molecule has 0 heterocycles. The first-order valence-corrected chi connectivity index (χ1v) is 19.2. The fourth-order valence-electron chi connectivity index (χ4n) is 5.67. The fraction of sp³-hybridized carbons (Fsp3) is 0.318. The van der Waals surface area contributed by atoms with E-state index in [2.05, 4.69) is 21.1 Å². The van der Waals surface area contributed by atoms with Crippen molar-refractivity contribution in [2.75, 3.05) is 55.9 Å². The first kappa shape index (κ1) is 47.2.